The molecule has 1 aliphatic rings. The van der Waals surface area contributed by atoms with Crippen molar-refractivity contribution in [2.24, 2.45) is 5.92 Å². The van der Waals surface area contributed by atoms with Crippen molar-refractivity contribution in [3.05, 3.63) is 59.0 Å². The lowest BCUT2D eigenvalue weighted by Crippen LogP contribution is -3.11. The number of hydrogen-bond donors (Lipinski definition) is 1. The minimum atomic E-state index is -1.24. The van der Waals surface area contributed by atoms with E-state index in [4.69, 9.17) is 4.42 Å². The molecule has 1 fully saturated rings. The second-order valence-corrected chi connectivity index (χ2v) is 6.54. The zero-order valence-electron chi connectivity index (χ0n) is 13.5. The van der Waals surface area contributed by atoms with Gasteiger partial charge in [0.05, 0.1) is 13.1 Å². The summed E-state index contributed by atoms with van der Waals surface area (Å²) in [7, 11) is 0. The number of hydrogen-bond acceptors (Lipinski definition) is 3. The van der Waals surface area contributed by atoms with Crippen LogP contribution in [0.3, 0.4) is 0 Å². The lowest BCUT2D eigenvalue weighted by atomic mass is 9.90. The van der Waals surface area contributed by atoms with Crippen LogP contribution in [0.5, 0.6) is 0 Å². The van der Waals surface area contributed by atoms with Crippen molar-refractivity contribution in [3.63, 3.8) is 0 Å². The highest BCUT2D eigenvalue weighted by Gasteiger charge is 2.23. The Kier molecular flexibility index (Phi) is 4.82. The van der Waals surface area contributed by atoms with E-state index in [1.165, 1.54) is 23.3 Å². The number of aryl methyl sites for hydroxylation is 1. The Morgan fingerprint density at radius 2 is 1.96 bits per heavy atom. The third kappa shape index (κ3) is 4.02. The summed E-state index contributed by atoms with van der Waals surface area (Å²) in [5.74, 6) is 0.153. The minimum Gasteiger partial charge on any atom is -0.542 e. The zero-order chi connectivity index (χ0) is 16.2. The van der Waals surface area contributed by atoms with Gasteiger partial charge in [-0.25, -0.2) is 0 Å². The van der Waals surface area contributed by atoms with Gasteiger partial charge in [0.2, 0.25) is 0 Å². The molecule has 0 atom stereocenters. The molecule has 0 saturated carbocycles. The fourth-order valence-corrected chi connectivity index (χ4v) is 3.48. The first-order valence-electron chi connectivity index (χ1n) is 8.30. The van der Waals surface area contributed by atoms with E-state index in [-0.39, 0.29) is 5.76 Å². The molecule has 0 unspecified atom stereocenters. The van der Waals surface area contributed by atoms with Gasteiger partial charge in [-0.15, -0.1) is 0 Å². The quantitative estimate of drug-likeness (QED) is 0.895. The molecular formula is C19H23NO3. The molecule has 0 spiro atoms. The lowest BCUT2D eigenvalue weighted by molar-refractivity contribution is -0.919. The Morgan fingerprint density at radius 3 is 2.57 bits per heavy atom. The Bertz CT molecular complexity index is 655. The molecule has 122 valence electrons. The first kappa shape index (κ1) is 15.8. The largest absolute Gasteiger partial charge is 0.542 e. The zero-order valence-corrected chi connectivity index (χ0v) is 13.5. The Hall–Kier alpha value is -2.07. The van der Waals surface area contributed by atoms with Crippen molar-refractivity contribution in [1.29, 1.82) is 0 Å². The molecule has 1 aromatic carbocycles. The molecule has 1 N–H and O–H groups in total. The molecule has 2 aromatic rings. The van der Waals surface area contributed by atoms with E-state index in [1.807, 2.05) is 6.92 Å². The van der Waals surface area contributed by atoms with Crippen LogP contribution >= 0.6 is 0 Å². The molecule has 23 heavy (non-hydrogen) atoms. The summed E-state index contributed by atoms with van der Waals surface area (Å²) >= 11 is 0. The highest BCUT2D eigenvalue weighted by molar-refractivity contribution is 5.82. The number of rotatable bonds is 5. The highest BCUT2D eigenvalue weighted by atomic mass is 16.4. The molecule has 0 bridgehead atoms. The van der Waals surface area contributed by atoms with Crippen molar-refractivity contribution in [3.8, 4) is 0 Å². The monoisotopic (exact) mass is 313 g/mol. The smallest absolute Gasteiger partial charge is 0.150 e. The van der Waals surface area contributed by atoms with Crippen LogP contribution in [0.4, 0.5) is 0 Å². The van der Waals surface area contributed by atoms with Crippen molar-refractivity contribution >= 4 is 5.97 Å². The molecule has 4 nitrogen and oxygen atoms in total. The van der Waals surface area contributed by atoms with E-state index in [1.54, 1.807) is 6.07 Å². The summed E-state index contributed by atoms with van der Waals surface area (Å²) in [5, 5.41) is 10.9. The minimum absolute atomic E-state index is 0.0594. The molecule has 3 rings (SSSR count). The standard InChI is InChI=1S/C19H23NO3/c1-14-17(12-18(23-14)19(21)22)13-20-9-7-16(8-10-20)11-15-5-3-2-4-6-15/h2-6,12,16H,7-11,13H2,1H3,(H,21,22). The molecule has 4 heteroatoms. The number of likely N-dealkylation sites (tertiary alicyclic amines) is 1. The number of nitrogens with one attached hydrogen (secondary N) is 1. The van der Waals surface area contributed by atoms with Crippen LogP contribution < -0.4 is 10.0 Å². The third-order valence-electron chi connectivity index (χ3n) is 4.84. The second kappa shape index (κ2) is 7.01. The SMILES string of the molecule is Cc1oc(C(=O)[O-])cc1C[NH+]1CCC(Cc2ccccc2)CC1. The number of quaternary nitrogens is 1. The first-order chi connectivity index (χ1) is 11.1. The maximum Gasteiger partial charge on any atom is 0.150 e. The summed E-state index contributed by atoms with van der Waals surface area (Å²) in [4.78, 5) is 12.4. The van der Waals surface area contributed by atoms with Crippen LogP contribution in [0, 0.1) is 12.8 Å². The maximum absolute atomic E-state index is 10.9. The van der Waals surface area contributed by atoms with Crippen LogP contribution in [-0.2, 0) is 13.0 Å². The molecule has 0 aliphatic carbocycles. The summed E-state index contributed by atoms with van der Waals surface area (Å²) in [5.41, 5.74) is 2.41. The Morgan fingerprint density at radius 1 is 1.26 bits per heavy atom. The topological polar surface area (TPSA) is 57.7 Å². The average Bonchev–Trinajstić information content (AvgIpc) is 2.92. The number of carbonyl (C=O) groups is 1. The third-order valence-corrected chi connectivity index (χ3v) is 4.84. The predicted molar refractivity (Wildman–Crippen MR) is 85.0 cm³/mol. The van der Waals surface area contributed by atoms with Gasteiger partial charge in [0.25, 0.3) is 0 Å². The summed E-state index contributed by atoms with van der Waals surface area (Å²) < 4.78 is 5.24. The molecule has 1 saturated heterocycles. The van der Waals surface area contributed by atoms with Crippen molar-refractivity contribution in [1.82, 2.24) is 0 Å². The number of furan rings is 1. The van der Waals surface area contributed by atoms with Gasteiger partial charge in [0.1, 0.15) is 24.0 Å². The second-order valence-electron chi connectivity index (χ2n) is 6.54. The molecule has 0 radical (unpaired) electrons. The van der Waals surface area contributed by atoms with Crippen LogP contribution in [0.15, 0.2) is 40.8 Å². The van der Waals surface area contributed by atoms with Crippen molar-refractivity contribution < 1.29 is 19.2 Å². The van der Waals surface area contributed by atoms with Crippen LogP contribution in [0.1, 0.15) is 40.3 Å². The molecule has 2 heterocycles. The van der Waals surface area contributed by atoms with Gasteiger partial charge in [-0.3, -0.25) is 0 Å². The highest BCUT2D eigenvalue weighted by Crippen LogP contribution is 2.17. The van der Waals surface area contributed by atoms with Crippen LogP contribution in [0.25, 0.3) is 0 Å². The van der Waals surface area contributed by atoms with Gasteiger partial charge in [-0.05, 0) is 43.7 Å². The summed E-state index contributed by atoms with van der Waals surface area (Å²) in [6.45, 7) is 4.91. The number of aromatic carboxylic acids is 1. The summed E-state index contributed by atoms with van der Waals surface area (Å²) in [6.07, 6.45) is 3.59. The lowest BCUT2D eigenvalue weighted by Gasteiger charge is -2.29. The molecule has 1 aliphatic heterocycles. The number of carboxylic acids is 1. The molecule has 1 aromatic heterocycles. The van der Waals surface area contributed by atoms with Gasteiger partial charge < -0.3 is 19.2 Å². The van der Waals surface area contributed by atoms with Crippen LogP contribution in [0.2, 0.25) is 0 Å². The number of carboxylic acid groups (broad SMARTS) is 1. The van der Waals surface area contributed by atoms with Gasteiger partial charge in [-0.1, -0.05) is 30.3 Å². The Balaban J connectivity index is 1.52. The van der Waals surface area contributed by atoms with Gasteiger partial charge in [-0.2, -0.15) is 0 Å². The normalized spacial score (nSPS) is 21.3. The Labute approximate surface area is 136 Å². The fraction of sp³-hybridized carbons (Fsp3) is 0.421. The number of benzene rings is 1. The summed E-state index contributed by atoms with van der Waals surface area (Å²) in [6, 6.07) is 12.3. The van der Waals surface area contributed by atoms with E-state index in [9.17, 15) is 9.90 Å². The number of carbonyl (C=O) groups excluding carboxylic acids is 1. The van der Waals surface area contributed by atoms with Gasteiger partial charge >= 0.3 is 0 Å². The van der Waals surface area contributed by atoms with E-state index >= 15 is 0 Å². The van der Waals surface area contributed by atoms with E-state index in [2.05, 4.69) is 30.3 Å². The van der Waals surface area contributed by atoms with E-state index in [0.29, 0.717) is 5.76 Å². The predicted octanol–water partition coefficient (Wildman–Crippen LogP) is 0.989. The van der Waals surface area contributed by atoms with Gasteiger partial charge in [0.15, 0.2) is 0 Å². The fourth-order valence-electron chi connectivity index (χ4n) is 3.48. The van der Waals surface area contributed by atoms with E-state index in [0.717, 1.165) is 37.5 Å². The number of piperidine rings is 1. The van der Waals surface area contributed by atoms with Gasteiger partial charge in [0, 0.05) is 5.56 Å². The molecular weight excluding hydrogens is 290 g/mol. The average molecular weight is 313 g/mol. The van der Waals surface area contributed by atoms with E-state index < -0.39 is 5.97 Å². The van der Waals surface area contributed by atoms with Crippen molar-refractivity contribution in [2.75, 3.05) is 13.1 Å². The van der Waals surface area contributed by atoms with Crippen LogP contribution in [-0.4, -0.2) is 19.1 Å². The first-order valence-corrected chi connectivity index (χ1v) is 8.30. The molecule has 0 amide bonds. The maximum atomic E-state index is 10.9. The van der Waals surface area contributed by atoms with Crippen molar-refractivity contribution in [2.45, 2.75) is 32.7 Å².